The first-order valence-electron chi connectivity index (χ1n) is 13.4. The molecule has 2 amide bonds. The van der Waals surface area contributed by atoms with Crippen LogP contribution in [0, 0.1) is 0 Å². The monoisotopic (exact) mass is 591 g/mol. The number of sulfonamides is 1. The largest absolute Gasteiger partial charge is 0.450 e. The summed E-state index contributed by atoms with van der Waals surface area (Å²) in [6, 6.07) is 26.0. The third-order valence-electron chi connectivity index (χ3n) is 7.06. The molecule has 0 aliphatic carbocycles. The van der Waals surface area contributed by atoms with Crippen molar-refractivity contribution in [2.24, 2.45) is 0 Å². The number of carbonyl (C=O) groups excluding carboxylic acids is 2. The molecular formula is C31H30ClN3O5S. The lowest BCUT2D eigenvalue weighted by Crippen LogP contribution is -2.46. The van der Waals surface area contributed by atoms with Crippen molar-refractivity contribution in [2.75, 3.05) is 24.6 Å². The van der Waals surface area contributed by atoms with Crippen molar-refractivity contribution < 1.29 is 22.7 Å². The molecule has 4 aromatic rings. The molecule has 1 N–H and O–H groups in total. The number of rotatable bonds is 7. The molecule has 1 aliphatic rings. The molecule has 0 aromatic heterocycles. The van der Waals surface area contributed by atoms with Crippen molar-refractivity contribution >= 4 is 55.8 Å². The molecule has 4 aromatic carbocycles. The lowest BCUT2D eigenvalue weighted by Gasteiger charge is -2.31. The van der Waals surface area contributed by atoms with Gasteiger partial charge in [-0.25, -0.2) is 17.9 Å². The summed E-state index contributed by atoms with van der Waals surface area (Å²) >= 11 is 6.41. The maximum atomic E-state index is 13.9. The fraction of sp³-hybridized carbons (Fsp3) is 0.226. The average Bonchev–Trinajstić information content (AvgIpc) is 2.98. The van der Waals surface area contributed by atoms with Gasteiger partial charge in [0.2, 0.25) is 10.0 Å². The second-order valence-electron chi connectivity index (χ2n) is 9.67. The van der Waals surface area contributed by atoms with Crippen molar-refractivity contribution in [2.45, 2.75) is 30.7 Å². The highest BCUT2D eigenvalue weighted by molar-refractivity contribution is 7.89. The van der Waals surface area contributed by atoms with Gasteiger partial charge in [-0.3, -0.25) is 9.69 Å². The Bertz CT molecular complexity index is 1670. The Kier molecular flexibility index (Phi) is 8.58. The molecule has 10 heteroatoms. The van der Waals surface area contributed by atoms with Crippen LogP contribution in [-0.2, 0) is 14.8 Å². The number of hydrogen-bond donors (Lipinski definition) is 1. The number of fused-ring (bicyclic) bond motifs is 1. The van der Waals surface area contributed by atoms with Crippen LogP contribution in [0.1, 0.15) is 30.1 Å². The van der Waals surface area contributed by atoms with Crippen LogP contribution in [0.15, 0.2) is 95.9 Å². The number of hydrogen-bond acceptors (Lipinski definition) is 5. The number of ether oxygens (including phenoxy) is 1. The zero-order valence-electron chi connectivity index (χ0n) is 22.5. The minimum atomic E-state index is -3.93. The van der Waals surface area contributed by atoms with Crippen LogP contribution in [0.4, 0.5) is 16.2 Å². The molecular weight excluding hydrogens is 562 g/mol. The molecule has 0 unspecified atom stereocenters. The predicted octanol–water partition coefficient (Wildman–Crippen LogP) is 6.37. The number of nitrogens with one attached hydrogen (secondary N) is 1. The van der Waals surface area contributed by atoms with Crippen LogP contribution in [0.2, 0.25) is 5.02 Å². The number of anilines is 2. The molecule has 0 bridgehead atoms. The second kappa shape index (κ2) is 12.3. The second-order valence-corrected chi connectivity index (χ2v) is 11.8. The van der Waals surface area contributed by atoms with Crippen LogP contribution >= 0.6 is 11.6 Å². The highest BCUT2D eigenvalue weighted by atomic mass is 35.5. The summed E-state index contributed by atoms with van der Waals surface area (Å²) < 4.78 is 35.2. The number of halogens is 1. The molecule has 212 valence electrons. The molecule has 0 saturated carbocycles. The van der Waals surface area contributed by atoms with Crippen LogP contribution in [-0.4, -0.2) is 51.1 Å². The first-order chi connectivity index (χ1) is 19.8. The smallest absolute Gasteiger partial charge is 0.409 e. The van der Waals surface area contributed by atoms with Gasteiger partial charge in [0.25, 0.3) is 5.91 Å². The SMILES string of the molecule is CCOC(=O)N1CCC(NS(=O)(=O)c2ccc(N(C(=O)c3ccccc3Cl)c3ccccc3)c3ccccc23)CC1. The van der Waals surface area contributed by atoms with E-state index < -0.39 is 10.0 Å². The van der Waals surface area contributed by atoms with E-state index in [4.69, 9.17) is 16.3 Å². The first kappa shape index (κ1) is 28.6. The summed E-state index contributed by atoms with van der Waals surface area (Å²) in [5.41, 5.74) is 1.47. The summed E-state index contributed by atoms with van der Waals surface area (Å²) in [6.45, 7) is 2.85. The summed E-state index contributed by atoms with van der Waals surface area (Å²) in [7, 11) is -3.93. The van der Waals surface area contributed by atoms with Crippen LogP contribution in [0.5, 0.6) is 0 Å². The maximum Gasteiger partial charge on any atom is 0.409 e. The van der Waals surface area contributed by atoms with Crippen molar-refractivity contribution in [1.29, 1.82) is 0 Å². The van der Waals surface area contributed by atoms with E-state index in [2.05, 4.69) is 4.72 Å². The van der Waals surface area contributed by atoms with Crippen molar-refractivity contribution in [3.8, 4) is 0 Å². The Balaban J connectivity index is 1.51. The van der Waals surface area contributed by atoms with Gasteiger partial charge >= 0.3 is 6.09 Å². The molecule has 0 radical (unpaired) electrons. The van der Waals surface area contributed by atoms with Gasteiger partial charge in [-0.15, -0.1) is 0 Å². The van der Waals surface area contributed by atoms with Gasteiger partial charge in [-0.1, -0.05) is 66.2 Å². The molecule has 1 heterocycles. The number of amides is 2. The third-order valence-corrected chi connectivity index (χ3v) is 8.96. The number of carbonyl (C=O) groups is 2. The van der Waals surface area contributed by atoms with E-state index in [-0.39, 0.29) is 22.9 Å². The quantitative estimate of drug-likeness (QED) is 0.269. The van der Waals surface area contributed by atoms with Gasteiger partial charge in [0, 0.05) is 35.6 Å². The third kappa shape index (κ3) is 6.07. The van der Waals surface area contributed by atoms with E-state index in [0.29, 0.717) is 65.3 Å². The lowest BCUT2D eigenvalue weighted by molar-refractivity contribution is 0.0964. The predicted molar refractivity (Wildman–Crippen MR) is 160 cm³/mol. The fourth-order valence-corrected chi connectivity index (χ4v) is 6.79. The molecule has 1 aliphatic heterocycles. The van der Waals surface area contributed by atoms with Crippen LogP contribution < -0.4 is 9.62 Å². The van der Waals surface area contributed by atoms with E-state index in [1.807, 2.05) is 36.4 Å². The molecule has 41 heavy (non-hydrogen) atoms. The number of benzene rings is 4. The molecule has 5 rings (SSSR count). The van der Waals surface area contributed by atoms with Crippen molar-refractivity contribution in [3.05, 3.63) is 102 Å². The lowest BCUT2D eigenvalue weighted by atomic mass is 10.1. The summed E-state index contributed by atoms with van der Waals surface area (Å²) in [5, 5.41) is 1.39. The Labute approximate surface area is 244 Å². The molecule has 0 spiro atoms. The Morgan fingerprint density at radius 3 is 2.22 bits per heavy atom. The van der Waals surface area contributed by atoms with Gasteiger partial charge in [0.1, 0.15) is 0 Å². The molecule has 1 saturated heterocycles. The fourth-order valence-electron chi connectivity index (χ4n) is 5.06. The molecule has 8 nitrogen and oxygen atoms in total. The van der Waals surface area contributed by atoms with E-state index in [1.54, 1.807) is 65.3 Å². The van der Waals surface area contributed by atoms with Gasteiger partial charge in [0.05, 0.1) is 27.8 Å². The van der Waals surface area contributed by atoms with Gasteiger partial charge in [-0.05, 0) is 56.2 Å². The topological polar surface area (TPSA) is 96.0 Å². The zero-order chi connectivity index (χ0) is 29.0. The van der Waals surface area contributed by atoms with Gasteiger partial charge < -0.3 is 9.64 Å². The number of para-hydroxylation sites is 1. The van der Waals surface area contributed by atoms with Crippen LogP contribution in [0.25, 0.3) is 10.8 Å². The molecule has 0 atom stereocenters. The number of piperidine rings is 1. The van der Waals surface area contributed by atoms with E-state index >= 15 is 0 Å². The van der Waals surface area contributed by atoms with Gasteiger partial charge in [0.15, 0.2) is 0 Å². The zero-order valence-corrected chi connectivity index (χ0v) is 24.1. The number of nitrogens with zero attached hydrogens (tertiary/aromatic N) is 2. The Morgan fingerprint density at radius 2 is 1.54 bits per heavy atom. The standard InChI is InChI=1S/C31H30ClN3O5S/c1-2-40-31(37)34-20-18-22(19-21-34)33-41(38,39)29-17-16-28(24-12-6-7-13-25(24)29)35(23-10-4-3-5-11-23)30(36)26-14-8-9-15-27(26)32/h3-17,22,33H,2,18-21H2,1H3. The van der Waals surface area contributed by atoms with E-state index in [9.17, 15) is 18.0 Å². The van der Waals surface area contributed by atoms with Crippen molar-refractivity contribution in [1.82, 2.24) is 9.62 Å². The van der Waals surface area contributed by atoms with E-state index in [1.165, 1.54) is 6.07 Å². The van der Waals surface area contributed by atoms with Crippen LogP contribution in [0.3, 0.4) is 0 Å². The van der Waals surface area contributed by atoms with Crippen molar-refractivity contribution in [3.63, 3.8) is 0 Å². The highest BCUT2D eigenvalue weighted by Crippen LogP contribution is 2.37. The average molecular weight is 592 g/mol. The summed E-state index contributed by atoms with van der Waals surface area (Å²) in [5.74, 6) is -0.339. The summed E-state index contributed by atoms with van der Waals surface area (Å²) in [4.78, 5) is 29.2. The minimum absolute atomic E-state index is 0.114. The normalized spacial score (nSPS) is 14.1. The molecule has 1 fully saturated rings. The minimum Gasteiger partial charge on any atom is -0.450 e. The Hall–Kier alpha value is -3.92. The Morgan fingerprint density at radius 1 is 0.902 bits per heavy atom. The summed E-state index contributed by atoms with van der Waals surface area (Å²) in [6.07, 6.45) is 0.564. The van der Waals surface area contributed by atoms with E-state index in [0.717, 1.165) is 0 Å². The maximum absolute atomic E-state index is 13.9. The highest BCUT2D eigenvalue weighted by Gasteiger charge is 2.30. The first-order valence-corrected chi connectivity index (χ1v) is 15.3. The van der Waals surface area contributed by atoms with Gasteiger partial charge in [-0.2, -0.15) is 0 Å². The number of likely N-dealkylation sites (tertiary alicyclic amines) is 1.